The monoisotopic (exact) mass is 355 g/mol. The summed E-state index contributed by atoms with van der Waals surface area (Å²) in [6, 6.07) is 8.28. The second-order valence-corrected chi connectivity index (χ2v) is 6.36. The molecule has 3 rings (SSSR count). The molecule has 0 atom stereocenters. The topological polar surface area (TPSA) is 82.8 Å². The number of hydrogen-bond acceptors (Lipinski definition) is 4. The Morgan fingerprint density at radius 2 is 2.04 bits per heavy atom. The molecule has 0 spiro atoms. The normalized spacial score (nSPS) is 14.1. The van der Waals surface area contributed by atoms with E-state index < -0.39 is 0 Å². The average Bonchev–Trinajstić information content (AvgIpc) is 2.99. The molecule has 0 fully saturated rings. The fraction of sp³-hybridized carbons (Fsp3) is 0.421. The first-order valence-electron chi connectivity index (χ1n) is 8.79. The van der Waals surface area contributed by atoms with Crippen molar-refractivity contribution in [1.29, 1.82) is 0 Å². The number of nitrogens with one attached hydrogen (secondary N) is 2. The van der Waals surface area contributed by atoms with Crippen molar-refractivity contribution in [3.8, 4) is 0 Å². The maximum absolute atomic E-state index is 12.5. The molecule has 7 heteroatoms. The lowest BCUT2D eigenvalue weighted by Crippen LogP contribution is -2.45. The standard InChI is InChI=1S/C19H25N5O2/c1-13-14(2)26-17(23-13)10-21-19(20-3)22-11-18(25)24-9-8-15-6-4-5-7-16(15)12-24/h4-7H,8-12H2,1-3H3,(H2,20,21,22). The fourth-order valence-electron chi connectivity index (χ4n) is 2.97. The highest BCUT2D eigenvalue weighted by molar-refractivity contribution is 5.86. The van der Waals surface area contributed by atoms with Gasteiger partial charge in [-0.15, -0.1) is 0 Å². The van der Waals surface area contributed by atoms with E-state index in [0.29, 0.717) is 24.9 Å². The Labute approximate surface area is 153 Å². The molecule has 0 saturated carbocycles. The fourth-order valence-corrected chi connectivity index (χ4v) is 2.97. The van der Waals surface area contributed by atoms with E-state index in [0.717, 1.165) is 24.4 Å². The number of fused-ring (bicyclic) bond motifs is 1. The van der Waals surface area contributed by atoms with Gasteiger partial charge in [0.05, 0.1) is 18.8 Å². The first-order chi connectivity index (χ1) is 12.6. The van der Waals surface area contributed by atoms with Crippen LogP contribution in [0.5, 0.6) is 0 Å². The van der Waals surface area contributed by atoms with Crippen LogP contribution in [0.4, 0.5) is 0 Å². The molecule has 2 N–H and O–H groups in total. The van der Waals surface area contributed by atoms with Crippen molar-refractivity contribution in [2.75, 3.05) is 20.1 Å². The third-order valence-electron chi connectivity index (χ3n) is 4.59. The minimum Gasteiger partial charge on any atom is -0.444 e. The zero-order valence-corrected chi connectivity index (χ0v) is 15.5. The summed E-state index contributed by atoms with van der Waals surface area (Å²) in [5.74, 6) is 2.02. The molecule has 1 aromatic heterocycles. The van der Waals surface area contributed by atoms with Crippen LogP contribution in [0.2, 0.25) is 0 Å². The molecule has 2 heterocycles. The Balaban J connectivity index is 1.48. The molecule has 0 saturated heterocycles. The second kappa shape index (κ2) is 8.03. The van der Waals surface area contributed by atoms with Gasteiger partial charge in [-0.2, -0.15) is 0 Å². The highest BCUT2D eigenvalue weighted by Crippen LogP contribution is 2.18. The summed E-state index contributed by atoms with van der Waals surface area (Å²) in [5, 5.41) is 6.17. The van der Waals surface area contributed by atoms with Crippen molar-refractivity contribution in [2.45, 2.75) is 33.4 Å². The van der Waals surface area contributed by atoms with Crippen molar-refractivity contribution in [3.05, 3.63) is 52.7 Å². The third kappa shape index (κ3) is 4.22. The quantitative estimate of drug-likeness (QED) is 0.642. The van der Waals surface area contributed by atoms with E-state index in [1.807, 2.05) is 30.9 Å². The van der Waals surface area contributed by atoms with Gasteiger partial charge in [0, 0.05) is 20.1 Å². The Hall–Kier alpha value is -2.83. The predicted octanol–water partition coefficient (Wildman–Crippen LogP) is 1.54. The number of aliphatic imine (C=N–C) groups is 1. The number of hydrogen-bond donors (Lipinski definition) is 2. The van der Waals surface area contributed by atoms with Crippen LogP contribution in [0.25, 0.3) is 0 Å². The summed E-state index contributed by atoms with van der Waals surface area (Å²) in [7, 11) is 1.67. The Morgan fingerprint density at radius 3 is 2.73 bits per heavy atom. The summed E-state index contributed by atoms with van der Waals surface area (Å²) in [4.78, 5) is 22.8. The minimum absolute atomic E-state index is 0.0604. The summed E-state index contributed by atoms with van der Waals surface area (Å²) < 4.78 is 5.53. The zero-order chi connectivity index (χ0) is 18.5. The van der Waals surface area contributed by atoms with E-state index in [-0.39, 0.29) is 12.5 Å². The van der Waals surface area contributed by atoms with Crippen LogP contribution in [0, 0.1) is 13.8 Å². The predicted molar refractivity (Wildman–Crippen MR) is 99.7 cm³/mol. The van der Waals surface area contributed by atoms with Gasteiger partial charge in [-0.3, -0.25) is 9.79 Å². The lowest BCUT2D eigenvalue weighted by Gasteiger charge is -2.29. The number of carbonyl (C=O) groups is 1. The molecule has 1 aromatic carbocycles. The van der Waals surface area contributed by atoms with Gasteiger partial charge in [-0.25, -0.2) is 4.98 Å². The van der Waals surface area contributed by atoms with Crippen LogP contribution in [0.3, 0.4) is 0 Å². The summed E-state index contributed by atoms with van der Waals surface area (Å²) >= 11 is 0. The maximum Gasteiger partial charge on any atom is 0.242 e. The van der Waals surface area contributed by atoms with Gasteiger partial charge >= 0.3 is 0 Å². The molecular formula is C19H25N5O2. The van der Waals surface area contributed by atoms with Crippen molar-refractivity contribution >= 4 is 11.9 Å². The van der Waals surface area contributed by atoms with Crippen molar-refractivity contribution < 1.29 is 9.21 Å². The number of guanidine groups is 1. The van der Waals surface area contributed by atoms with Crippen LogP contribution >= 0.6 is 0 Å². The number of amides is 1. The zero-order valence-electron chi connectivity index (χ0n) is 15.5. The third-order valence-corrected chi connectivity index (χ3v) is 4.59. The molecule has 26 heavy (non-hydrogen) atoms. The summed E-state index contributed by atoms with van der Waals surface area (Å²) in [6.45, 7) is 5.82. The highest BCUT2D eigenvalue weighted by Gasteiger charge is 2.20. The summed E-state index contributed by atoms with van der Waals surface area (Å²) in [5.41, 5.74) is 3.44. The molecule has 1 aliphatic heterocycles. The number of aryl methyl sites for hydroxylation is 2. The van der Waals surface area contributed by atoms with Crippen LogP contribution in [-0.2, 0) is 24.3 Å². The largest absolute Gasteiger partial charge is 0.444 e. The van der Waals surface area contributed by atoms with E-state index in [1.165, 1.54) is 11.1 Å². The van der Waals surface area contributed by atoms with Crippen LogP contribution < -0.4 is 10.6 Å². The van der Waals surface area contributed by atoms with Gasteiger partial charge in [-0.05, 0) is 31.4 Å². The highest BCUT2D eigenvalue weighted by atomic mass is 16.4. The number of carbonyl (C=O) groups excluding carboxylic acids is 1. The molecule has 138 valence electrons. The number of aromatic nitrogens is 1. The van der Waals surface area contributed by atoms with E-state index in [9.17, 15) is 4.79 Å². The smallest absolute Gasteiger partial charge is 0.242 e. The molecule has 2 aromatic rings. The van der Waals surface area contributed by atoms with Crippen LogP contribution in [0.15, 0.2) is 33.7 Å². The van der Waals surface area contributed by atoms with Crippen molar-refractivity contribution in [2.24, 2.45) is 4.99 Å². The van der Waals surface area contributed by atoms with Crippen LogP contribution in [0.1, 0.15) is 28.5 Å². The number of benzene rings is 1. The molecule has 1 aliphatic rings. The van der Waals surface area contributed by atoms with Crippen LogP contribution in [-0.4, -0.2) is 41.9 Å². The van der Waals surface area contributed by atoms with Crippen molar-refractivity contribution in [1.82, 2.24) is 20.5 Å². The molecule has 7 nitrogen and oxygen atoms in total. The Bertz CT molecular complexity index is 793. The molecular weight excluding hydrogens is 330 g/mol. The lowest BCUT2D eigenvalue weighted by molar-refractivity contribution is -0.130. The molecule has 0 unspecified atom stereocenters. The van der Waals surface area contributed by atoms with E-state index >= 15 is 0 Å². The first-order valence-corrected chi connectivity index (χ1v) is 8.79. The van der Waals surface area contributed by atoms with Gasteiger partial charge in [0.1, 0.15) is 5.76 Å². The van der Waals surface area contributed by atoms with E-state index in [4.69, 9.17) is 4.42 Å². The van der Waals surface area contributed by atoms with Gasteiger partial charge in [-0.1, -0.05) is 24.3 Å². The number of oxazole rings is 1. The number of rotatable bonds is 4. The molecule has 0 bridgehead atoms. The van der Waals surface area contributed by atoms with Gasteiger partial charge in [0.25, 0.3) is 0 Å². The van der Waals surface area contributed by atoms with E-state index in [2.05, 4.69) is 32.7 Å². The molecule has 1 amide bonds. The second-order valence-electron chi connectivity index (χ2n) is 6.36. The molecule has 0 radical (unpaired) electrons. The summed E-state index contributed by atoms with van der Waals surface area (Å²) in [6.07, 6.45) is 0.901. The van der Waals surface area contributed by atoms with Gasteiger partial charge in [0.15, 0.2) is 5.96 Å². The average molecular weight is 355 g/mol. The Kier molecular flexibility index (Phi) is 5.55. The minimum atomic E-state index is 0.0604. The SMILES string of the molecule is CN=C(NCC(=O)N1CCc2ccccc2C1)NCc1nc(C)c(C)o1. The van der Waals surface area contributed by atoms with Gasteiger partial charge in [0.2, 0.25) is 11.8 Å². The molecule has 0 aliphatic carbocycles. The first kappa shape index (κ1) is 18.0. The Morgan fingerprint density at radius 1 is 1.27 bits per heavy atom. The van der Waals surface area contributed by atoms with Crippen molar-refractivity contribution in [3.63, 3.8) is 0 Å². The number of nitrogens with zero attached hydrogens (tertiary/aromatic N) is 3. The van der Waals surface area contributed by atoms with Gasteiger partial charge < -0.3 is 20.0 Å². The lowest BCUT2D eigenvalue weighted by atomic mass is 10.00. The maximum atomic E-state index is 12.5. The van der Waals surface area contributed by atoms with E-state index in [1.54, 1.807) is 7.05 Å².